The zero-order chi connectivity index (χ0) is 18.8. The topological polar surface area (TPSA) is 76.2 Å². The van der Waals surface area contributed by atoms with Gasteiger partial charge in [-0.2, -0.15) is 0 Å². The van der Waals surface area contributed by atoms with Crippen molar-refractivity contribution < 1.29 is 24.0 Å². The normalized spacial score (nSPS) is 17.1. The van der Waals surface area contributed by atoms with Crippen molar-refractivity contribution in [2.24, 2.45) is 0 Å². The molecule has 2 heterocycles. The van der Waals surface area contributed by atoms with Crippen LogP contribution in [0.5, 0.6) is 0 Å². The van der Waals surface area contributed by atoms with E-state index in [0.717, 1.165) is 18.7 Å². The summed E-state index contributed by atoms with van der Waals surface area (Å²) >= 11 is 0. The Balaban J connectivity index is 1.47. The van der Waals surface area contributed by atoms with Crippen LogP contribution in [0.2, 0.25) is 0 Å². The van der Waals surface area contributed by atoms with Crippen molar-refractivity contribution in [3.8, 4) is 0 Å². The Labute approximate surface area is 156 Å². The Morgan fingerprint density at radius 1 is 0.963 bits per heavy atom. The number of hydrogen-bond donors (Lipinski definition) is 0. The number of benzene rings is 2. The van der Waals surface area contributed by atoms with Crippen molar-refractivity contribution in [3.05, 3.63) is 70.8 Å². The summed E-state index contributed by atoms with van der Waals surface area (Å²) in [5, 5.41) is 0.529. The van der Waals surface area contributed by atoms with Gasteiger partial charge in [-0.1, -0.05) is 29.3 Å². The molecule has 0 saturated carbocycles. The molecule has 7 nitrogen and oxygen atoms in total. The fourth-order valence-corrected chi connectivity index (χ4v) is 3.20. The Bertz CT molecular complexity index is 870. The first-order chi connectivity index (χ1) is 13.1. The van der Waals surface area contributed by atoms with Gasteiger partial charge in [0.25, 0.3) is 11.8 Å². The van der Waals surface area contributed by atoms with Crippen LogP contribution in [0.15, 0.2) is 48.5 Å². The molecular formula is C20H18N2O5. The minimum atomic E-state index is -0.742. The van der Waals surface area contributed by atoms with Crippen molar-refractivity contribution in [2.45, 2.75) is 6.54 Å². The van der Waals surface area contributed by atoms with Crippen molar-refractivity contribution in [2.75, 3.05) is 26.3 Å². The lowest BCUT2D eigenvalue weighted by molar-refractivity contribution is -0.0584. The molecule has 2 amide bonds. The number of hydroxylamine groups is 2. The molecule has 27 heavy (non-hydrogen) atoms. The molecule has 1 saturated heterocycles. The number of imide groups is 1. The molecular weight excluding hydrogens is 348 g/mol. The van der Waals surface area contributed by atoms with E-state index < -0.39 is 17.8 Å². The highest BCUT2D eigenvalue weighted by atomic mass is 16.7. The van der Waals surface area contributed by atoms with Gasteiger partial charge in [-0.05, 0) is 29.8 Å². The Morgan fingerprint density at radius 2 is 1.63 bits per heavy atom. The molecule has 0 radical (unpaired) electrons. The molecule has 2 aromatic rings. The highest BCUT2D eigenvalue weighted by Crippen LogP contribution is 2.23. The fraction of sp³-hybridized carbons (Fsp3) is 0.250. The van der Waals surface area contributed by atoms with Crippen LogP contribution in [-0.4, -0.2) is 54.1 Å². The number of nitrogens with zero attached hydrogens (tertiary/aromatic N) is 2. The van der Waals surface area contributed by atoms with E-state index in [9.17, 15) is 14.4 Å². The lowest BCUT2D eigenvalue weighted by atomic mass is 10.1. The van der Waals surface area contributed by atoms with Crippen LogP contribution in [0.4, 0.5) is 0 Å². The average molecular weight is 366 g/mol. The maximum absolute atomic E-state index is 12.5. The molecule has 2 aromatic carbocycles. The molecule has 7 heteroatoms. The van der Waals surface area contributed by atoms with Crippen LogP contribution in [0.3, 0.4) is 0 Å². The third-order valence-corrected chi connectivity index (χ3v) is 4.60. The summed E-state index contributed by atoms with van der Waals surface area (Å²) in [5.41, 5.74) is 1.71. The largest absolute Gasteiger partial charge is 0.379 e. The lowest BCUT2D eigenvalue weighted by Gasteiger charge is -2.26. The van der Waals surface area contributed by atoms with Gasteiger partial charge in [-0.15, -0.1) is 0 Å². The van der Waals surface area contributed by atoms with Crippen molar-refractivity contribution >= 4 is 17.8 Å². The third-order valence-electron chi connectivity index (χ3n) is 4.60. The molecule has 2 aliphatic rings. The minimum Gasteiger partial charge on any atom is -0.379 e. The number of morpholine rings is 1. The van der Waals surface area contributed by atoms with Gasteiger partial charge in [-0.25, -0.2) is 4.79 Å². The second-order valence-corrected chi connectivity index (χ2v) is 6.42. The highest BCUT2D eigenvalue weighted by molar-refractivity contribution is 6.21. The summed E-state index contributed by atoms with van der Waals surface area (Å²) in [5.74, 6) is -2.00. The number of ether oxygens (including phenoxy) is 1. The monoisotopic (exact) mass is 366 g/mol. The smallest absolute Gasteiger partial charge is 0.363 e. The van der Waals surface area contributed by atoms with Gasteiger partial charge >= 0.3 is 5.97 Å². The van der Waals surface area contributed by atoms with Crippen molar-refractivity contribution in [1.82, 2.24) is 9.96 Å². The number of amides is 2. The van der Waals surface area contributed by atoms with Gasteiger partial charge in [0.15, 0.2) is 0 Å². The fourth-order valence-electron chi connectivity index (χ4n) is 3.20. The summed E-state index contributed by atoms with van der Waals surface area (Å²) in [7, 11) is 0. The first-order valence-corrected chi connectivity index (χ1v) is 8.72. The summed E-state index contributed by atoms with van der Waals surface area (Å²) in [4.78, 5) is 44.5. The highest BCUT2D eigenvalue weighted by Gasteiger charge is 2.38. The summed E-state index contributed by atoms with van der Waals surface area (Å²) in [6.45, 7) is 3.76. The van der Waals surface area contributed by atoms with Crippen LogP contribution in [0.1, 0.15) is 36.6 Å². The Hall–Kier alpha value is -3.03. The van der Waals surface area contributed by atoms with Crippen molar-refractivity contribution in [3.63, 3.8) is 0 Å². The van der Waals surface area contributed by atoms with E-state index in [1.807, 2.05) is 6.07 Å². The molecule has 0 spiro atoms. The van der Waals surface area contributed by atoms with Gasteiger partial charge < -0.3 is 9.57 Å². The molecule has 4 rings (SSSR count). The van der Waals surface area contributed by atoms with Gasteiger partial charge in [-0.3, -0.25) is 14.5 Å². The predicted molar refractivity (Wildman–Crippen MR) is 94.9 cm³/mol. The van der Waals surface area contributed by atoms with Crippen LogP contribution < -0.4 is 0 Å². The zero-order valence-electron chi connectivity index (χ0n) is 14.6. The molecule has 0 atom stereocenters. The molecule has 0 aromatic heterocycles. The lowest BCUT2D eigenvalue weighted by Crippen LogP contribution is -2.35. The van der Waals surface area contributed by atoms with E-state index in [0.29, 0.717) is 24.8 Å². The minimum absolute atomic E-state index is 0.233. The third kappa shape index (κ3) is 3.47. The Kier molecular flexibility index (Phi) is 4.70. The van der Waals surface area contributed by atoms with Gasteiger partial charge in [0.2, 0.25) is 0 Å². The SMILES string of the molecule is O=C(ON1C(=O)c2ccccc2C1=O)c1cccc(CN2CCOCC2)c1. The second-order valence-electron chi connectivity index (χ2n) is 6.42. The van der Waals surface area contributed by atoms with E-state index in [2.05, 4.69) is 4.90 Å². The summed E-state index contributed by atoms with van der Waals surface area (Å²) in [6, 6.07) is 13.4. The maximum atomic E-state index is 12.5. The Morgan fingerprint density at radius 3 is 2.30 bits per heavy atom. The van der Waals surface area contributed by atoms with Gasteiger partial charge in [0, 0.05) is 19.6 Å². The van der Waals surface area contributed by atoms with Crippen LogP contribution in [0, 0.1) is 0 Å². The molecule has 0 unspecified atom stereocenters. The summed E-state index contributed by atoms with van der Waals surface area (Å²) in [6.07, 6.45) is 0. The average Bonchev–Trinajstić information content (AvgIpc) is 2.94. The van der Waals surface area contributed by atoms with Crippen LogP contribution in [-0.2, 0) is 16.1 Å². The number of hydrogen-bond acceptors (Lipinski definition) is 6. The first kappa shape index (κ1) is 17.4. The van der Waals surface area contributed by atoms with Crippen LogP contribution >= 0.6 is 0 Å². The molecule has 1 fully saturated rings. The van der Waals surface area contributed by atoms with E-state index in [4.69, 9.17) is 9.57 Å². The quantitative estimate of drug-likeness (QED) is 0.769. The van der Waals surface area contributed by atoms with Crippen LogP contribution in [0.25, 0.3) is 0 Å². The molecule has 0 bridgehead atoms. The number of carbonyl (C=O) groups excluding carboxylic acids is 3. The van der Waals surface area contributed by atoms with E-state index >= 15 is 0 Å². The van der Waals surface area contributed by atoms with E-state index in [1.54, 1.807) is 30.3 Å². The van der Waals surface area contributed by atoms with Crippen molar-refractivity contribution in [1.29, 1.82) is 0 Å². The van der Waals surface area contributed by atoms with E-state index in [1.165, 1.54) is 12.1 Å². The first-order valence-electron chi connectivity index (χ1n) is 8.72. The standard InChI is InChI=1S/C20H18N2O5/c23-18-16-6-1-2-7-17(16)19(24)22(18)27-20(25)15-5-3-4-14(12-15)13-21-8-10-26-11-9-21/h1-7,12H,8-11,13H2. The second kappa shape index (κ2) is 7.30. The van der Waals surface area contributed by atoms with Gasteiger partial charge in [0.05, 0.1) is 29.9 Å². The zero-order valence-corrected chi connectivity index (χ0v) is 14.6. The molecule has 0 N–H and O–H groups in total. The summed E-state index contributed by atoms with van der Waals surface area (Å²) < 4.78 is 5.34. The van der Waals surface area contributed by atoms with Gasteiger partial charge in [0.1, 0.15) is 0 Å². The molecule has 2 aliphatic heterocycles. The number of carbonyl (C=O) groups is 3. The molecule has 0 aliphatic carbocycles. The number of rotatable bonds is 4. The van der Waals surface area contributed by atoms with E-state index in [-0.39, 0.29) is 16.7 Å². The predicted octanol–water partition coefficient (Wildman–Crippen LogP) is 1.89. The maximum Gasteiger partial charge on any atom is 0.363 e. The number of fused-ring (bicyclic) bond motifs is 1. The molecule has 138 valence electrons.